The number of hydrogen-bond donors (Lipinski definition) is 1. The summed E-state index contributed by atoms with van der Waals surface area (Å²) >= 11 is 7.93. The van der Waals surface area contributed by atoms with E-state index in [9.17, 15) is 0 Å². The molecule has 14 heavy (non-hydrogen) atoms. The van der Waals surface area contributed by atoms with Crippen LogP contribution in [0.3, 0.4) is 0 Å². The summed E-state index contributed by atoms with van der Waals surface area (Å²) in [5, 5.41) is 4.34. The zero-order valence-corrected chi connectivity index (χ0v) is 9.42. The summed E-state index contributed by atoms with van der Waals surface area (Å²) in [7, 11) is 0. The lowest BCUT2D eigenvalue weighted by Crippen LogP contribution is -2.15. The topological polar surface area (TPSA) is 12.0 Å². The van der Waals surface area contributed by atoms with E-state index in [-0.39, 0.29) is 0 Å². The SMILES string of the molecule is Clc1ccc2c(c1)NCC1(CC1)CS2. The molecular weight excluding hydrogens is 214 g/mol. The molecule has 1 N–H and O–H groups in total. The highest BCUT2D eigenvalue weighted by Crippen LogP contribution is 2.51. The predicted molar refractivity (Wildman–Crippen MR) is 62.3 cm³/mol. The molecule has 1 aromatic rings. The first-order valence-electron chi connectivity index (χ1n) is 4.94. The minimum atomic E-state index is 0.593. The molecule has 3 heteroatoms. The van der Waals surface area contributed by atoms with E-state index in [0.29, 0.717) is 5.41 Å². The second-order valence-corrected chi connectivity index (χ2v) is 5.74. The molecule has 1 heterocycles. The molecule has 1 aromatic carbocycles. The molecule has 0 saturated heterocycles. The van der Waals surface area contributed by atoms with E-state index in [1.807, 2.05) is 23.9 Å². The molecule has 3 rings (SSSR count). The average molecular weight is 226 g/mol. The normalized spacial score (nSPS) is 22.4. The van der Waals surface area contributed by atoms with Crippen LogP contribution in [0.4, 0.5) is 5.69 Å². The Hall–Kier alpha value is -0.340. The number of fused-ring (bicyclic) bond motifs is 1. The molecular formula is C11H12ClNS. The molecule has 2 aliphatic rings. The summed E-state index contributed by atoms with van der Waals surface area (Å²) in [6.45, 7) is 1.12. The fourth-order valence-electron chi connectivity index (χ4n) is 1.83. The lowest BCUT2D eigenvalue weighted by atomic mass is 10.1. The maximum Gasteiger partial charge on any atom is 0.0493 e. The monoisotopic (exact) mass is 225 g/mol. The van der Waals surface area contributed by atoms with Crippen molar-refractivity contribution in [3.63, 3.8) is 0 Å². The minimum Gasteiger partial charge on any atom is -0.384 e. The van der Waals surface area contributed by atoms with Crippen LogP contribution < -0.4 is 5.32 Å². The van der Waals surface area contributed by atoms with Crippen LogP contribution in [0, 0.1) is 5.41 Å². The lowest BCUT2D eigenvalue weighted by molar-refractivity contribution is 0.626. The third-order valence-corrected chi connectivity index (χ3v) is 4.75. The highest BCUT2D eigenvalue weighted by Gasteiger charge is 2.43. The van der Waals surface area contributed by atoms with E-state index in [2.05, 4.69) is 11.4 Å². The minimum absolute atomic E-state index is 0.593. The van der Waals surface area contributed by atoms with E-state index in [1.54, 1.807) is 0 Å². The van der Waals surface area contributed by atoms with Crippen LogP contribution in [-0.2, 0) is 0 Å². The summed E-state index contributed by atoms with van der Waals surface area (Å²) in [6.07, 6.45) is 2.77. The van der Waals surface area contributed by atoms with Crippen molar-refractivity contribution >= 4 is 29.1 Å². The van der Waals surface area contributed by atoms with Crippen molar-refractivity contribution < 1.29 is 0 Å². The predicted octanol–water partition coefficient (Wildman–Crippen LogP) is 3.64. The second-order valence-electron chi connectivity index (χ2n) is 4.28. The van der Waals surface area contributed by atoms with Crippen LogP contribution in [0.1, 0.15) is 12.8 Å². The summed E-state index contributed by atoms with van der Waals surface area (Å²) in [5.41, 5.74) is 1.81. The van der Waals surface area contributed by atoms with Gasteiger partial charge in [-0.1, -0.05) is 11.6 Å². The Labute approximate surface area is 93.2 Å². The van der Waals surface area contributed by atoms with Gasteiger partial charge in [0.2, 0.25) is 0 Å². The van der Waals surface area contributed by atoms with Gasteiger partial charge in [0.1, 0.15) is 0 Å². The summed E-state index contributed by atoms with van der Waals surface area (Å²) in [4.78, 5) is 1.35. The van der Waals surface area contributed by atoms with E-state index < -0.39 is 0 Å². The number of anilines is 1. The molecule has 0 radical (unpaired) electrons. The molecule has 0 aromatic heterocycles. The van der Waals surface area contributed by atoms with Gasteiger partial charge in [0, 0.05) is 27.9 Å². The van der Waals surface area contributed by atoms with Gasteiger partial charge >= 0.3 is 0 Å². The summed E-state index contributed by atoms with van der Waals surface area (Å²) in [6, 6.07) is 6.13. The Morgan fingerprint density at radius 3 is 3.00 bits per heavy atom. The van der Waals surface area contributed by atoms with Crippen molar-refractivity contribution in [3.8, 4) is 0 Å². The Kier molecular flexibility index (Phi) is 1.96. The first-order valence-corrected chi connectivity index (χ1v) is 6.30. The number of halogens is 1. The maximum atomic E-state index is 5.97. The average Bonchev–Trinajstić information content (AvgIpc) is 2.96. The Morgan fingerprint density at radius 2 is 2.21 bits per heavy atom. The Morgan fingerprint density at radius 1 is 1.36 bits per heavy atom. The van der Waals surface area contributed by atoms with E-state index in [0.717, 1.165) is 11.6 Å². The van der Waals surface area contributed by atoms with Gasteiger partial charge in [0.15, 0.2) is 0 Å². The van der Waals surface area contributed by atoms with Crippen LogP contribution in [-0.4, -0.2) is 12.3 Å². The standard InChI is InChI=1S/C11H12ClNS/c12-8-1-2-10-9(5-8)13-6-11(3-4-11)7-14-10/h1-2,5,13H,3-4,6-7H2. The van der Waals surface area contributed by atoms with E-state index in [1.165, 1.54) is 29.2 Å². The molecule has 1 saturated carbocycles. The molecule has 1 spiro atoms. The van der Waals surface area contributed by atoms with Crippen molar-refractivity contribution in [1.82, 2.24) is 0 Å². The van der Waals surface area contributed by atoms with Gasteiger partial charge in [-0.2, -0.15) is 0 Å². The zero-order chi connectivity index (χ0) is 9.60. The van der Waals surface area contributed by atoms with Crippen LogP contribution >= 0.6 is 23.4 Å². The van der Waals surface area contributed by atoms with Gasteiger partial charge in [-0.05, 0) is 36.5 Å². The smallest absolute Gasteiger partial charge is 0.0493 e. The van der Waals surface area contributed by atoms with Gasteiger partial charge in [-0.15, -0.1) is 11.8 Å². The van der Waals surface area contributed by atoms with Crippen molar-refractivity contribution in [2.75, 3.05) is 17.6 Å². The van der Waals surface area contributed by atoms with Crippen molar-refractivity contribution in [1.29, 1.82) is 0 Å². The number of benzene rings is 1. The Bertz CT molecular complexity index is 374. The van der Waals surface area contributed by atoms with E-state index >= 15 is 0 Å². The van der Waals surface area contributed by atoms with Crippen molar-refractivity contribution in [2.45, 2.75) is 17.7 Å². The molecule has 1 nitrogen and oxygen atoms in total. The molecule has 0 atom stereocenters. The van der Waals surface area contributed by atoms with Gasteiger partial charge in [0.05, 0.1) is 0 Å². The molecule has 0 unspecified atom stereocenters. The molecule has 1 fully saturated rings. The fraction of sp³-hybridized carbons (Fsp3) is 0.455. The fourth-order valence-corrected chi connectivity index (χ4v) is 3.30. The number of thioether (sulfide) groups is 1. The van der Waals surface area contributed by atoms with Gasteiger partial charge in [-0.3, -0.25) is 0 Å². The summed E-state index contributed by atoms with van der Waals surface area (Å²) < 4.78 is 0. The zero-order valence-electron chi connectivity index (χ0n) is 7.85. The quantitative estimate of drug-likeness (QED) is 0.724. The van der Waals surface area contributed by atoms with Crippen molar-refractivity contribution in [3.05, 3.63) is 23.2 Å². The molecule has 1 aliphatic carbocycles. The van der Waals surface area contributed by atoms with Crippen molar-refractivity contribution in [2.24, 2.45) is 5.41 Å². The van der Waals surface area contributed by atoms with Gasteiger partial charge in [0.25, 0.3) is 0 Å². The largest absolute Gasteiger partial charge is 0.384 e. The number of nitrogens with one attached hydrogen (secondary N) is 1. The Balaban J connectivity index is 1.93. The molecule has 0 amide bonds. The van der Waals surface area contributed by atoms with E-state index in [4.69, 9.17) is 11.6 Å². The number of hydrogen-bond acceptors (Lipinski definition) is 2. The molecule has 74 valence electrons. The lowest BCUT2D eigenvalue weighted by Gasteiger charge is -2.10. The first kappa shape index (κ1) is 8.93. The highest BCUT2D eigenvalue weighted by atomic mass is 35.5. The third-order valence-electron chi connectivity index (χ3n) is 3.09. The second kappa shape index (κ2) is 3.07. The maximum absolute atomic E-state index is 5.97. The molecule has 0 bridgehead atoms. The van der Waals surface area contributed by atoms with Gasteiger partial charge < -0.3 is 5.32 Å². The summed E-state index contributed by atoms with van der Waals surface area (Å²) in [5.74, 6) is 1.26. The van der Waals surface area contributed by atoms with Crippen LogP contribution in [0.5, 0.6) is 0 Å². The first-order chi connectivity index (χ1) is 6.77. The highest BCUT2D eigenvalue weighted by molar-refractivity contribution is 7.99. The molecule has 1 aliphatic heterocycles. The third kappa shape index (κ3) is 1.51. The van der Waals surface area contributed by atoms with Crippen LogP contribution in [0.15, 0.2) is 23.1 Å². The number of rotatable bonds is 0. The van der Waals surface area contributed by atoms with Crippen LogP contribution in [0.2, 0.25) is 5.02 Å². The van der Waals surface area contributed by atoms with Gasteiger partial charge in [-0.25, -0.2) is 0 Å². The van der Waals surface area contributed by atoms with Crippen LogP contribution in [0.25, 0.3) is 0 Å².